The summed E-state index contributed by atoms with van der Waals surface area (Å²) in [5.41, 5.74) is 0.566. The van der Waals surface area contributed by atoms with Gasteiger partial charge in [-0.25, -0.2) is 0 Å². The topological polar surface area (TPSA) is 80.6 Å². The first-order valence-corrected chi connectivity index (χ1v) is 10.0. The Hall–Kier alpha value is -2.67. The molecule has 1 saturated carbocycles. The molecule has 1 aliphatic rings. The van der Waals surface area contributed by atoms with Crippen LogP contribution in [-0.2, 0) is 16.6 Å². The molecule has 1 aromatic carbocycles. The van der Waals surface area contributed by atoms with Gasteiger partial charge in [0, 0.05) is 33.7 Å². The molecule has 3 rings (SSSR count). The van der Waals surface area contributed by atoms with Crippen molar-refractivity contribution < 1.29 is 14.3 Å². The lowest BCUT2D eigenvalue weighted by molar-refractivity contribution is -0.137. The Morgan fingerprint density at radius 1 is 1.28 bits per heavy atom. The summed E-state index contributed by atoms with van der Waals surface area (Å²) in [6, 6.07) is 8.87. The van der Waals surface area contributed by atoms with Crippen LogP contribution in [0.15, 0.2) is 35.1 Å². The van der Waals surface area contributed by atoms with Crippen LogP contribution >= 0.6 is 0 Å². The fraction of sp³-hybridized carbons (Fsp3) is 0.500. The van der Waals surface area contributed by atoms with Crippen LogP contribution in [0.5, 0.6) is 0 Å². The average Bonchev–Trinajstić information content (AvgIpc) is 2.75. The van der Waals surface area contributed by atoms with E-state index < -0.39 is 5.91 Å². The second kappa shape index (κ2) is 8.78. The highest BCUT2D eigenvalue weighted by molar-refractivity contribution is 5.97. The number of hydrogen-bond acceptors (Lipinski definition) is 4. The molecule has 1 fully saturated rings. The lowest BCUT2D eigenvalue weighted by atomic mass is 9.82. The number of ether oxygens (including phenoxy) is 1. The van der Waals surface area contributed by atoms with E-state index in [0.717, 1.165) is 10.9 Å². The van der Waals surface area contributed by atoms with Gasteiger partial charge >= 0.3 is 0 Å². The standard InChI is InChI=1S/C22H29N3O4/c1-5-24(2)21(27)15-10-11-17(19(13-15)29-4)23-20(26)16-12-14-8-6-7-9-18(14)25(3)22(16)28/h6-9,12,15,17,19H,5,10-11,13H2,1-4H3,(H,23,26)/t15-,17-,19-/m0/s1. The van der Waals surface area contributed by atoms with E-state index in [0.29, 0.717) is 25.8 Å². The molecule has 29 heavy (non-hydrogen) atoms. The second-order valence-corrected chi connectivity index (χ2v) is 7.70. The number of pyridine rings is 1. The number of rotatable bonds is 5. The van der Waals surface area contributed by atoms with Crippen molar-refractivity contribution in [2.75, 3.05) is 20.7 Å². The van der Waals surface area contributed by atoms with Crippen molar-refractivity contribution in [1.82, 2.24) is 14.8 Å². The van der Waals surface area contributed by atoms with Crippen LogP contribution in [0.2, 0.25) is 0 Å². The first-order chi connectivity index (χ1) is 13.9. The third-order valence-corrected chi connectivity index (χ3v) is 5.99. The summed E-state index contributed by atoms with van der Waals surface area (Å²) in [5.74, 6) is -0.395. The van der Waals surface area contributed by atoms with Crippen LogP contribution in [0.4, 0.5) is 0 Å². The van der Waals surface area contributed by atoms with E-state index in [-0.39, 0.29) is 35.1 Å². The summed E-state index contributed by atoms with van der Waals surface area (Å²) in [7, 11) is 5.06. The fourth-order valence-corrected chi connectivity index (χ4v) is 4.08. The molecule has 7 heteroatoms. The van der Waals surface area contributed by atoms with Gasteiger partial charge in [0.05, 0.1) is 17.7 Å². The molecule has 1 heterocycles. The summed E-state index contributed by atoms with van der Waals surface area (Å²) in [5, 5.41) is 3.80. The van der Waals surface area contributed by atoms with E-state index in [1.807, 2.05) is 31.2 Å². The van der Waals surface area contributed by atoms with Gasteiger partial charge in [-0.2, -0.15) is 0 Å². The number of hydrogen-bond donors (Lipinski definition) is 1. The Kier molecular flexibility index (Phi) is 6.37. The van der Waals surface area contributed by atoms with Crippen LogP contribution < -0.4 is 10.9 Å². The number of benzene rings is 1. The van der Waals surface area contributed by atoms with E-state index in [2.05, 4.69) is 5.32 Å². The molecule has 1 N–H and O–H groups in total. The van der Waals surface area contributed by atoms with E-state index >= 15 is 0 Å². The van der Waals surface area contributed by atoms with E-state index in [1.54, 1.807) is 32.2 Å². The van der Waals surface area contributed by atoms with Crippen LogP contribution in [0, 0.1) is 5.92 Å². The molecule has 0 saturated heterocycles. The molecule has 0 spiro atoms. The molecule has 7 nitrogen and oxygen atoms in total. The van der Waals surface area contributed by atoms with Crippen LogP contribution in [-0.4, -0.2) is 54.1 Å². The van der Waals surface area contributed by atoms with Crippen LogP contribution in [0.3, 0.4) is 0 Å². The van der Waals surface area contributed by atoms with Crippen LogP contribution in [0.1, 0.15) is 36.5 Å². The van der Waals surface area contributed by atoms with Gasteiger partial charge in [0.25, 0.3) is 11.5 Å². The summed E-state index contributed by atoms with van der Waals surface area (Å²) in [6.07, 6.45) is 1.60. The molecule has 1 aliphatic carbocycles. The maximum atomic E-state index is 12.9. The Morgan fingerprint density at radius 3 is 2.69 bits per heavy atom. The largest absolute Gasteiger partial charge is 0.379 e. The number of fused-ring (bicyclic) bond motifs is 1. The number of methoxy groups -OCH3 is 1. The zero-order chi connectivity index (χ0) is 21.1. The Morgan fingerprint density at radius 2 is 2.00 bits per heavy atom. The van der Waals surface area contributed by atoms with Gasteiger partial charge < -0.3 is 19.5 Å². The Balaban J connectivity index is 1.77. The molecule has 0 radical (unpaired) electrons. The minimum absolute atomic E-state index is 0.105. The van der Waals surface area contributed by atoms with Gasteiger partial charge in [0.15, 0.2) is 0 Å². The molecule has 0 unspecified atom stereocenters. The molecule has 2 aromatic rings. The first-order valence-electron chi connectivity index (χ1n) is 10.0. The molecule has 2 amide bonds. The number of nitrogens with zero attached hydrogens (tertiary/aromatic N) is 2. The normalized spacial score (nSPS) is 21.7. The molecular formula is C22H29N3O4. The zero-order valence-electron chi connectivity index (χ0n) is 17.5. The lowest BCUT2D eigenvalue weighted by Gasteiger charge is -2.36. The smallest absolute Gasteiger partial charge is 0.263 e. The van der Waals surface area contributed by atoms with Gasteiger partial charge in [0.1, 0.15) is 5.56 Å². The van der Waals surface area contributed by atoms with Crippen molar-refractivity contribution in [3.05, 3.63) is 46.2 Å². The molecular weight excluding hydrogens is 370 g/mol. The van der Waals surface area contributed by atoms with Crippen molar-refractivity contribution in [1.29, 1.82) is 0 Å². The molecule has 0 bridgehead atoms. The summed E-state index contributed by atoms with van der Waals surface area (Å²) >= 11 is 0. The number of aryl methyl sites for hydroxylation is 1. The third-order valence-electron chi connectivity index (χ3n) is 5.99. The monoisotopic (exact) mass is 399 g/mol. The Labute approximate surface area is 170 Å². The number of amides is 2. The fourth-order valence-electron chi connectivity index (χ4n) is 4.08. The Bertz CT molecular complexity index is 968. The summed E-state index contributed by atoms with van der Waals surface area (Å²) in [6.45, 7) is 2.61. The van der Waals surface area contributed by atoms with E-state index in [1.165, 1.54) is 4.57 Å². The van der Waals surface area contributed by atoms with E-state index in [4.69, 9.17) is 4.74 Å². The second-order valence-electron chi connectivity index (χ2n) is 7.70. The third kappa shape index (κ3) is 4.19. The molecule has 156 valence electrons. The number of para-hydroxylation sites is 1. The molecule has 3 atom stereocenters. The summed E-state index contributed by atoms with van der Waals surface area (Å²) < 4.78 is 7.08. The van der Waals surface area contributed by atoms with Crippen LogP contribution in [0.25, 0.3) is 10.9 Å². The predicted molar refractivity (Wildman–Crippen MR) is 112 cm³/mol. The van der Waals surface area contributed by atoms with E-state index in [9.17, 15) is 14.4 Å². The van der Waals surface area contributed by atoms with Crippen molar-refractivity contribution in [2.45, 2.75) is 38.3 Å². The highest BCUT2D eigenvalue weighted by Gasteiger charge is 2.36. The van der Waals surface area contributed by atoms with Gasteiger partial charge in [-0.15, -0.1) is 0 Å². The number of carbonyl (C=O) groups excluding carboxylic acids is 2. The maximum Gasteiger partial charge on any atom is 0.263 e. The van der Waals surface area contributed by atoms with Crippen molar-refractivity contribution in [3.63, 3.8) is 0 Å². The highest BCUT2D eigenvalue weighted by atomic mass is 16.5. The first kappa shape index (κ1) is 21.0. The minimum atomic E-state index is -0.404. The predicted octanol–water partition coefficient (Wildman–Crippen LogP) is 1.93. The minimum Gasteiger partial charge on any atom is -0.379 e. The van der Waals surface area contributed by atoms with Crippen molar-refractivity contribution >= 4 is 22.7 Å². The van der Waals surface area contributed by atoms with Crippen molar-refractivity contribution in [2.24, 2.45) is 13.0 Å². The SMILES string of the molecule is CCN(C)C(=O)[C@H]1CC[C@H](NC(=O)c2cc3ccccc3n(C)c2=O)[C@@H](OC)C1. The maximum absolute atomic E-state index is 12.9. The molecule has 1 aromatic heterocycles. The van der Waals surface area contributed by atoms with Gasteiger partial charge in [0.2, 0.25) is 5.91 Å². The molecule has 0 aliphatic heterocycles. The van der Waals surface area contributed by atoms with Gasteiger partial charge in [-0.3, -0.25) is 14.4 Å². The average molecular weight is 399 g/mol. The number of nitrogens with one attached hydrogen (secondary N) is 1. The summed E-state index contributed by atoms with van der Waals surface area (Å²) in [4.78, 5) is 39.8. The van der Waals surface area contributed by atoms with Gasteiger partial charge in [-0.05, 0) is 43.7 Å². The number of carbonyl (C=O) groups is 2. The van der Waals surface area contributed by atoms with Crippen molar-refractivity contribution in [3.8, 4) is 0 Å². The van der Waals surface area contributed by atoms with Gasteiger partial charge in [-0.1, -0.05) is 18.2 Å². The quantitative estimate of drug-likeness (QED) is 0.833. The number of aromatic nitrogens is 1. The highest BCUT2D eigenvalue weighted by Crippen LogP contribution is 2.28. The zero-order valence-corrected chi connectivity index (χ0v) is 17.5. The lowest BCUT2D eigenvalue weighted by Crippen LogP contribution is -2.50.